The van der Waals surface area contributed by atoms with Crippen LogP contribution in [-0.4, -0.2) is 19.0 Å². The molecule has 0 bridgehead atoms. The Morgan fingerprint density at radius 3 is 2.50 bits per heavy atom. The fourth-order valence-electron chi connectivity index (χ4n) is 0.327. The molecule has 0 saturated carbocycles. The number of esters is 2. The third kappa shape index (κ3) is 4.83. The Morgan fingerprint density at radius 2 is 2.10 bits per heavy atom. The second-order valence-corrected chi connectivity index (χ2v) is 1.53. The quantitative estimate of drug-likeness (QED) is 0.330. The van der Waals surface area contributed by atoms with Crippen molar-refractivity contribution in [1.82, 2.24) is 5.32 Å². The van der Waals surface area contributed by atoms with Crippen molar-refractivity contribution in [1.29, 1.82) is 0 Å². The minimum Gasteiger partial charge on any atom is -0.394 e. The molecule has 0 atom stereocenters. The summed E-state index contributed by atoms with van der Waals surface area (Å²) in [6.45, 7) is 1.17. The van der Waals surface area contributed by atoms with Crippen molar-refractivity contribution in [3.8, 4) is 0 Å². The first kappa shape index (κ1) is 8.68. The van der Waals surface area contributed by atoms with Crippen LogP contribution >= 0.6 is 0 Å². The lowest BCUT2D eigenvalue weighted by molar-refractivity contribution is -0.154. The highest BCUT2D eigenvalue weighted by Gasteiger charge is 1.98. The van der Waals surface area contributed by atoms with Crippen molar-refractivity contribution in [3.63, 3.8) is 0 Å². The Balaban J connectivity index is 3.64. The molecule has 1 N–H and O–H groups in total. The van der Waals surface area contributed by atoms with Crippen LogP contribution in [0.3, 0.4) is 0 Å². The van der Waals surface area contributed by atoms with E-state index in [4.69, 9.17) is 0 Å². The molecule has 0 heterocycles. The maximum Gasteiger partial charge on any atom is 0.339 e. The lowest BCUT2D eigenvalue weighted by Gasteiger charge is -1.91. The fourth-order valence-corrected chi connectivity index (χ4v) is 0.327. The first-order valence-corrected chi connectivity index (χ1v) is 2.73. The smallest absolute Gasteiger partial charge is 0.339 e. The fraction of sp³-hybridized carbons (Fsp3) is 0.333. The number of rotatable bonds is 2. The molecule has 0 aromatic heterocycles. The molecule has 4 nitrogen and oxygen atoms in total. The summed E-state index contributed by atoms with van der Waals surface area (Å²) in [5, 5.41) is 2.58. The summed E-state index contributed by atoms with van der Waals surface area (Å²) in [4.78, 5) is 20.6. The highest BCUT2D eigenvalue weighted by Crippen LogP contribution is 1.79. The molecule has 0 unspecified atom stereocenters. The number of carbonyl (C=O) groups is 2. The zero-order valence-corrected chi connectivity index (χ0v) is 5.88. The van der Waals surface area contributed by atoms with Crippen LogP contribution < -0.4 is 5.32 Å². The van der Waals surface area contributed by atoms with Gasteiger partial charge in [0.15, 0.2) is 0 Å². The summed E-state index contributed by atoms with van der Waals surface area (Å²) in [5.74, 6) is -1.27. The molecule has 0 amide bonds. The van der Waals surface area contributed by atoms with Crippen molar-refractivity contribution in [2.45, 2.75) is 6.92 Å². The van der Waals surface area contributed by atoms with Gasteiger partial charge in [0.1, 0.15) is 0 Å². The summed E-state index contributed by atoms with van der Waals surface area (Å²) < 4.78 is 4.15. The topological polar surface area (TPSA) is 55.4 Å². The van der Waals surface area contributed by atoms with Crippen LogP contribution in [0.15, 0.2) is 12.3 Å². The number of nitrogens with one attached hydrogen (secondary N) is 1. The van der Waals surface area contributed by atoms with Gasteiger partial charge in [0.2, 0.25) is 0 Å². The van der Waals surface area contributed by atoms with Gasteiger partial charge in [-0.15, -0.1) is 0 Å². The predicted octanol–water partition coefficient (Wildman–Crippen LogP) is -0.191. The summed E-state index contributed by atoms with van der Waals surface area (Å²) >= 11 is 0. The van der Waals surface area contributed by atoms with E-state index in [2.05, 4.69) is 10.1 Å². The standard InChI is InChI=1S/C6H9NO3/c1-5(8)10-6(9)3-4-7-2/h3-4,7H,1-2H3/b4-3+. The van der Waals surface area contributed by atoms with E-state index >= 15 is 0 Å². The van der Waals surface area contributed by atoms with E-state index < -0.39 is 11.9 Å². The van der Waals surface area contributed by atoms with Gasteiger partial charge in [0.25, 0.3) is 0 Å². The third-order valence-corrected chi connectivity index (χ3v) is 0.630. The zero-order chi connectivity index (χ0) is 7.98. The van der Waals surface area contributed by atoms with Gasteiger partial charge in [0.05, 0.1) is 0 Å². The average Bonchev–Trinajstić information content (AvgIpc) is 1.82. The Kier molecular flexibility index (Phi) is 3.95. The highest BCUT2D eigenvalue weighted by atomic mass is 16.6. The van der Waals surface area contributed by atoms with Crippen LogP contribution in [0.4, 0.5) is 0 Å². The van der Waals surface area contributed by atoms with E-state index in [0.717, 1.165) is 6.08 Å². The van der Waals surface area contributed by atoms with Crippen LogP contribution in [0.25, 0.3) is 0 Å². The summed E-state index contributed by atoms with van der Waals surface area (Å²) in [5.41, 5.74) is 0. The molecule has 4 heteroatoms. The number of ether oxygens (including phenoxy) is 1. The average molecular weight is 143 g/mol. The van der Waals surface area contributed by atoms with Gasteiger partial charge in [-0.2, -0.15) is 0 Å². The van der Waals surface area contributed by atoms with Crippen molar-refractivity contribution >= 4 is 11.9 Å². The number of hydrogen-bond donors (Lipinski definition) is 1. The highest BCUT2D eigenvalue weighted by molar-refractivity contribution is 5.91. The predicted molar refractivity (Wildman–Crippen MR) is 35.0 cm³/mol. The van der Waals surface area contributed by atoms with Crippen molar-refractivity contribution < 1.29 is 14.3 Å². The van der Waals surface area contributed by atoms with Crippen LogP contribution in [-0.2, 0) is 14.3 Å². The van der Waals surface area contributed by atoms with Gasteiger partial charge >= 0.3 is 11.9 Å². The maximum absolute atomic E-state index is 10.4. The summed E-state index contributed by atoms with van der Waals surface area (Å²) in [7, 11) is 1.64. The molecule has 0 aliphatic rings. The number of carbonyl (C=O) groups excluding carboxylic acids is 2. The molecule has 0 aliphatic heterocycles. The van der Waals surface area contributed by atoms with Crippen molar-refractivity contribution in [2.75, 3.05) is 7.05 Å². The van der Waals surface area contributed by atoms with Crippen molar-refractivity contribution in [2.24, 2.45) is 0 Å². The minimum atomic E-state index is -0.665. The minimum absolute atomic E-state index is 0.606. The molecule has 0 aromatic carbocycles. The maximum atomic E-state index is 10.4. The molecular weight excluding hydrogens is 134 g/mol. The van der Waals surface area contributed by atoms with Gasteiger partial charge in [-0.05, 0) is 0 Å². The number of hydrogen-bond acceptors (Lipinski definition) is 4. The van der Waals surface area contributed by atoms with Gasteiger partial charge in [-0.25, -0.2) is 4.79 Å². The zero-order valence-electron chi connectivity index (χ0n) is 5.88. The first-order valence-electron chi connectivity index (χ1n) is 2.73. The lowest BCUT2D eigenvalue weighted by atomic mass is 10.6. The molecule has 0 rings (SSSR count). The normalized spacial score (nSPS) is 9.40. The Labute approximate surface area is 58.9 Å². The molecule has 0 saturated heterocycles. The molecular formula is C6H9NO3. The Bertz CT molecular complexity index is 162. The van der Waals surface area contributed by atoms with Crippen LogP contribution in [0.2, 0.25) is 0 Å². The lowest BCUT2D eigenvalue weighted by Crippen LogP contribution is -2.06. The third-order valence-electron chi connectivity index (χ3n) is 0.630. The molecule has 56 valence electrons. The van der Waals surface area contributed by atoms with Crippen LogP contribution in [0.1, 0.15) is 6.92 Å². The van der Waals surface area contributed by atoms with Crippen LogP contribution in [0.5, 0.6) is 0 Å². The van der Waals surface area contributed by atoms with Gasteiger partial charge in [-0.1, -0.05) is 0 Å². The second-order valence-electron chi connectivity index (χ2n) is 1.53. The van der Waals surface area contributed by atoms with Gasteiger partial charge < -0.3 is 10.1 Å². The SMILES string of the molecule is CN/C=C/C(=O)OC(C)=O. The van der Waals surface area contributed by atoms with E-state index in [0.29, 0.717) is 0 Å². The molecule has 0 radical (unpaired) electrons. The molecule has 0 aromatic rings. The first-order chi connectivity index (χ1) is 4.66. The Morgan fingerprint density at radius 1 is 1.50 bits per heavy atom. The van der Waals surface area contributed by atoms with E-state index in [1.807, 2.05) is 0 Å². The van der Waals surface area contributed by atoms with E-state index in [-0.39, 0.29) is 0 Å². The summed E-state index contributed by atoms with van der Waals surface area (Å²) in [6, 6.07) is 0. The Hall–Kier alpha value is -1.32. The van der Waals surface area contributed by atoms with E-state index in [9.17, 15) is 9.59 Å². The summed E-state index contributed by atoms with van der Waals surface area (Å²) in [6.07, 6.45) is 2.51. The van der Waals surface area contributed by atoms with Crippen molar-refractivity contribution in [3.05, 3.63) is 12.3 Å². The molecule has 10 heavy (non-hydrogen) atoms. The second kappa shape index (κ2) is 4.55. The largest absolute Gasteiger partial charge is 0.394 e. The molecule has 0 fully saturated rings. The van der Waals surface area contributed by atoms with Crippen LogP contribution in [0, 0.1) is 0 Å². The molecule has 0 spiro atoms. The van der Waals surface area contributed by atoms with E-state index in [1.54, 1.807) is 7.05 Å². The van der Waals surface area contributed by atoms with Gasteiger partial charge in [-0.3, -0.25) is 4.79 Å². The van der Waals surface area contributed by atoms with E-state index in [1.165, 1.54) is 13.1 Å². The molecule has 0 aliphatic carbocycles. The monoisotopic (exact) mass is 143 g/mol. The van der Waals surface area contributed by atoms with Gasteiger partial charge in [0, 0.05) is 26.2 Å².